The van der Waals surface area contributed by atoms with Crippen LogP contribution in [0.25, 0.3) is 0 Å². The van der Waals surface area contributed by atoms with Gasteiger partial charge in [-0.25, -0.2) is 9.78 Å². The lowest BCUT2D eigenvalue weighted by atomic mass is 10.1. The lowest BCUT2D eigenvalue weighted by Gasteiger charge is -2.26. The summed E-state index contributed by atoms with van der Waals surface area (Å²) in [7, 11) is 1.59. The molecule has 7 heteroatoms. The van der Waals surface area contributed by atoms with Gasteiger partial charge in [0.2, 0.25) is 0 Å². The number of carbonyl (C=O) groups excluding carboxylic acids is 1. The van der Waals surface area contributed by atoms with Crippen LogP contribution in [0.3, 0.4) is 0 Å². The van der Waals surface area contributed by atoms with E-state index in [0.29, 0.717) is 25.4 Å². The smallest absolute Gasteiger partial charge is 0.354 e. The second-order valence-corrected chi connectivity index (χ2v) is 6.37. The lowest BCUT2D eigenvalue weighted by Crippen LogP contribution is -2.37. The molecular weight excluding hydrogens is 348 g/mol. The first-order valence-electron chi connectivity index (χ1n) is 8.80. The van der Waals surface area contributed by atoms with Gasteiger partial charge in [0.15, 0.2) is 0 Å². The molecule has 2 aromatic rings. The molecular formula is C20H22N2O5. The van der Waals surface area contributed by atoms with Gasteiger partial charge in [-0.05, 0) is 31.0 Å². The number of pyridine rings is 1. The maximum Gasteiger partial charge on any atom is 0.354 e. The summed E-state index contributed by atoms with van der Waals surface area (Å²) in [6.45, 7) is 1.47. The first-order chi connectivity index (χ1) is 13.1. The standard InChI is InChI=1S/C20H22N2O5/c1-26-18-7-3-2-5-15(18)12-22(13-16-6-4-10-27-16)19(23)14-8-9-21-17(11-14)20(24)25/h2-3,5,7-9,11,16H,4,6,10,12-13H2,1H3,(H,24,25). The summed E-state index contributed by atoms with van der Waals surface area (Å²) in [5.74, 6) is -0.732. The molecule has 27 heavy (non-hydrogen) atoms. The molecule has 0 saturated carbocycles. The quantitative estimate of drug-likeness (QED) is 0.806. The summed E-state index contributed by atoms with van der Waals surface area (Å²) in [4.78, 5) is 29.8. The molecule has 0 radical (unpaired) electrons. The van der Waals surface area contributed by atoms with Crippen LogP contribution in [0.4, 0.5) is 0 Å². The summed E-state index contributed by atoms with van der Waals surface area (Å²) in [6, 6.07) is 10.3. The number of hydrogen-bond acceptors (Lipinski definition) is 5. The first-order valence-corrected chi connectivity index (χ1v) is 8.80. The van der Waals surface area contributed by atoms with E-state index in [1.54, 1.807) is 12.0 Å². The van der Waals surface area contributed by atoms with Crippen LogP contribution in [0.5, 0.6) is 5.75 Å². The Morgan fingerprint density at radius 2 is 2.15 bits per heavy atom. The summed E-state index contributed by atoms with van der Waals surface area (Å²) in [5.41, 5.74) is 1.00. The largest absolute Gasteiger partial charge is 0.496 e. The van der Waals surface area contributed by atoms with E-state index in [9.17, 15) is 9.59 Å². The molecule has 3 rings (SSSR count). The molecule has 7 nitrogen and oxygen atoms in total. The Labute approximate surface area is 157 Å². The number of nitrogens with zero attached hydrogens (tertiary/aromatic N) is 2. The SMILES string of the molecule is COc1ccccc1CN(CC1CCCO1)C(=O)c1ccnc(C(=O)O)c1. The highest BCUT2D eigenvalue weighted by molar-refractivity contribution is 5.96. The number of carboxylic acids is 1. The second-order valence-electron chi connectivity index (χ2n) is 6.37. The third-order valence-corrected chi connectivity index (χ3v) is 4.51. The number of aromatic nitrogens is 1. The van der Waals surface area contributed by atoms with Crippen LogP contribution in [0.15, 0.2) is 42.6 Å². The van der Waals surface area contributed by atoms with Gasteiger partial charge in [-0.3, -0.25) is 4.79 Å². The zero-order valence-electron chi connectivity index (χ0n) is 15.1. The van der Waals surface area contributed by atoms with Gasteiger partial charge < -0.3 is 19.5 Å². The fourth-order valence-corrected chi connectivity index (χ4v) is 3.16. The highest BCUT2D eigenvalue weighted by Gasteiger charge is 2.25. The van der Waals surface area contributed by atoms with Crippen molar-refractivity contribution in [3.8, 4) is 5.75 Å². The van der Waals surface area contributed by atoms with Crippen LogP contribution in [-0.4, -0.2) is 53.2 Å². The van der Waals surface area contributed by atoms with Gasteiger partial charge in [0.25, 0.3) is 5.91 Å². The van der Waals surface area contributed by atoms with Crippen molar-refractivity contribution < 1.29 is 24.2 Å². The van der Waals surface area contributed by atoms with Crippen molar-refractivity contribution in [2.45, 2.75) is 25.5 Å². The minimum absolute atomic E-state index is 0.0237. The number of amides is 1. The van der Waals surface area contributed by atoms with E-state index in [1.165, 1.54) is 18.3 Å². The lowest BCUT2D eigenvalue weighted by molar-refractivity contribution is 0.0505. The Morgan fingerprint density at radius 3 is 2.85 bits per heavy atom. The van der Waals surface area contributed by atoms with E-state index in [4.69, 9.17) is 14.6 Å². The van der Waals surface area contributed by atoms with Crippen LogP contribution in [0.2, 0.25) is 0 Å². The Hall–Kier alpha value is -2.93. The molecule has 0 aliphatic carbocycles. The zero-order chi connectivity index (χ0) is 19.2. The molecule has 1 fully saturated rings. The normalized spacial score (nSPS) is 16.1. The molecule has 1 saturated heterocycles. The number of carbonyl (C=O) groups is 2. The molecule has 142 valence electrons. The van der Waals surface area contributed by atoms with Gasteiger partial charge in [0.05, 0.1) is 13.2 Å². The number of aromatic carboxylic acids is 1. The summed E-state index contributed by atoms with van der Waals surface area (Å²) >= 11 is 0. The molecule has 1 aromatic heterocycles. The van der Waals surface area contributed by atoms with E-state index in [2.05, 4.69) is 4.98 Å². The van der Waals surface area contributed by atoms with Crippen molar-refractivity contribution in [2.24, 2.45) is 0 Å². The molecule has 1 aliphatic heterocycles. The van der Waals surface area contributed by atoms with Crippen molar-refractivity contribution >= 4 is 11.9 Å². The number of carboxylic acid groups (broad SMARTS) is 1. The second kappa shape index (κ2) is 8.64. The van der Waals surface area contributed by atoms with Crippen molar-refractivity contribution in [3.63, 3.8) is 0 Å². The average Bonchev–Trinajstić information content (AvgIpc) is 3.20. The van der Waals surface area contributed by atoms with Crippen LogP contribution in [0, 0.1) is 0 Å². The van der Waals surface area contributed by atoms with Crippen LogP contribution >= 0.6 is 0 Å². The number of para-hydroxylation sites is 1. The number of methoxy groups -OCH3 is 1. The van der Waals surface area contributed by atoms with Gasteiger partial charge in [0, 0.05) is 37.0 Å². The molecule has 1 aliphatic rings. The summed E-state index contributed by atoms with van der Waals surface area (Å²) in [5, 5.41) is 9.14. The first kappa shape index (κ1) is 18.8. The van der Waals surface area contributed by atoms with Gasteiger partial charge in [-0.2, -0.15) is 0 Å². The fraction of sp³-hybridized carbons (Fsp3) is 0.350. The topological polar surface area (TPSA) is 89.0 Å². The van der Waals surface area contributed by atoms with Gasteiger partial charge in [-0.15, -0.1) is 0 Å². The summed E-state index contributed by atoms with van der Waals surface area (Å²) < 4.78 is 11.1. The maximum atomic E-state index is 13.1. The van der Waals surface area contributed by atoms with E-state index in [1.807, 2.05) is 24.3 Å². The highest BCUT2D eigenvalue weighted by Crippen LogP contribution is 2.22. The molecule has 1 amide bonds. The van der Waals surface area contributed by atoms with Gasteiger partial charge >= 0.3 is 5.97 Å². The van der Waals surface area contributed by atoms with Crippen molar-refractivity contribution in [3.05, 3.63) is 59.4 Å². The van der Waals surface area contributed by atoms with Crippen LogP contribution < -0.4 is 4.74 Å². The minimum atomic E-state index is -1.17. The summed E-state index contributed by atoms with van der Waals surface area (Å²) in [6.07, 6.45) is 3.18. The van der Waals surface area contributed by atoms with Gasteiger partial charge in [-0.1, -0.05) is 18.2 Å². The maximum absolute atomic E-state index is 13.1. The minimum Gasteiger partial charge on any atom is -0.496 e. The van der Waals surface area contributed by atoms with Crippen molar-refractivity contribution in [1.82, 2.24) is 9.88 Å². The van der Waals surface area contributed by atoms with E-state index >= 15 is 0 Å². The van der Waals surface area contributed by atoms with E-state index < -0.39 is 5.97 Å². The highest BCUT2D eigenvalue weighted by atomic mass is 16.5. The predicted octanol–water partition coefficient (Wildman–Crippen LogP) is 2.61. The molecule has 2 heterocycles. The molecule has 1 atom stereocenters. The van der Waals surface area contributed by atoms with Crippen molar-refractivity contribution in [2.75, 3.05) is 20.3 Å². The average molecular weight is 370 g/mol. The monoisotopic (exact) mass is 370 g/mol. The number of ether oxygens (including phenoxy) is 2. The van der Waals surface area contributed by atoms with Crippen LogP contribution in [0.1, 0.15) is 39.3 Å². The Bertz CT molecular complexity index is 818. The van der Waals surface area contributed by atoms with Crippen LogP contribution in [-0.2, 0) is 11.3 Å². The van der Waals surface area contributed by atoms with Crippen molar-refractivity contribution in [1.29, 1.82) is 0 Å². The molecule has 1 unspecified atom stereocenters. The molecule has 1 aromatic carbocycles. The van der Waals surface area contributed by atoms with E-state index in [0.717, 1.165) is 18.4 Å². The fourth-order valence-electron chi connectivity index (χ4n) is 3.16. The molecule has 1 N–H and O–H groups in total. The Kier molecular flexibility index (Phi) is 6.03. The Morgan fingerprint density at radius 1 is 1.33 bits per heavy atom. The van der Waals surface area contributed by atoms with Gasteiger partial charge in [0.1, 0.15) is 11.4 Å². The zero-order valence-corrected chi connectivity index (χ0v) is 15.1. The molecule has 0 spiro atoms. The Balaban J connectivity index is 1.87. The van der Waals surface area contributed by atoms with E-state index in [-0.39, 0.29) is 23.3 Å². The number of rotatable bonds is 7. The third kappa shape index (κ3) is 4.62. The third-order valence-electron chi connectivity index (χ3n) is 4.51. The number of benzene rings is 1. The number of hydrogen-bond donors (Lipinski definition) is 1. The predicted molar refractivity (Wildman–Crippen MR) is 97.9 cm³/mol. The molecule has 0 bridgehead atoms.